The number of hydrogen-bond donors (Lipinski definition) is 3. The Bertz CT molecular complexity index is 1180. The number of anilines is 4. The van der Waals surface area contributed by atoms with Gasteiger partial charge in [-0.2, -0.15) is 4.98 Å². The van der Waals surface area contributed by atoms with E-state index in [1.165, 1.54) is 12.8 Å². The molecule has 1 spiro atoms. The fraction of sp³-hybridized carbons (Fsp3) is 0.556. The van der Waals surface area contributed by atoms with Crippen molar-refractivity contribution in [3.05, 3.63) is 36.2 Å². The molecule has 3 aliphatic heterocycles. The van der Waals surface area contributed by atoms with Gasteiger partial charge in [0.2, 0.25) is 11.9 Å². The smallest absolute Gasteiger partial charge is 0.246 e. The maximum atomic E-state index is 12.7. The van der Waals surface area contributed by atoms with Crippen LogP contribution in [-0.4, -0.2) is 87.3 Å². The molecule has 3 fully saturated rings. The highest BCUT2D eigenvalue weighted by molar-refractivity contribution is 5.93. The topological polar surface area (TPSA) is 110 Å². The normalized spacial score (nSPS) is 25.5. The van der Waals surface area contributed by atoms with E-state index in [0.29, 0.717) is 30.9 Å². The Morgan fingerprint density at radius 3 is 2.78 bits per heavy atom. The Labute approximate surface area is 217 Å². The maximum Gasteiger partial charge on any atom is 0.246 e. The highest BCUT2D eigenvalue weighted by Gasteiger charge is 2.50. The van der Waals surface area contributed by atoms with E-state index in [2.05, 4.69) is 48.3 Å². The van der Waals surface area contributed by atoms with Gasteiger partial charge in [-0.15, -0.1) is 0 Å². The number of carbonyl (C=O) groups is 1. The van der Waals surface area contributed by atoms with Crippen molar-refractivity contribution < 1.29 is 9.90 Å². The minimum Gasteiger partial charge on any atom is -0.392 e. The van der Waals surface area contributed by atoms with E-state index in [-0.39, 0.29) is 23.6 Å². The zero-order valence-corrected chi connectivity index (χ0v) is 21.6. The molecule has 0 bridgehead atoms. The van der Waals surface area contributed by atoms with Crippen molar-refractivity contribution in [2.24, 2.45) is 0 Å². The molecule has 5 heterocycles. The van der Waals surface area contributed by atoms with Crippen molar-refractivity contribution in [2.45, 2.75) is 63.3 Å². The van der Waals surface area contributed by atoms with Gasteiger partial charge in [-0.1, -0.05) is 25.0 Å². The van der Waals surface area contributed by atoms with Crippen LogP contribution >= 0.6 is 0 Å². The fourth-order valence-corrected chi connectivity index (χ4v) is 6.38. The molecule has 1 saturated carbocycles. The van der Waals surface area contributed by atoms with Gasteiger partial charge < -0.3 is 25.5 Å². The molecule has 10 heteroatoms. The lowest BCUT2D eigenvalue weighted by atomic mass is 9.87. The molecule has 4 aliphatic rings. The minimum atomic E-state index is -0.331. The SMILES string of the molecule is CC(O)CN1CCN(c2ccc(Nc3ncc4c(n3)N3C(C=C4)C(=O)NCC34CCCC4)nc2)CC1C. The van der Waals surface area contributed by atoms with E-state index in [0.717, 1.165) is 49.5 Å². The number of pyridine rings is 1. The highest BCUT2D eigenvalue weighted by atomic mass is 16.3. The molecular formula is C27H36N8O2. The Kier molecular flexibility index (Phi) is 6.24. The predicted octanol–water partition coefficient (Wildman–Crippen LogP) is 2.15. The average Bonchev–Trinajstić information content (AvgIpc) is 3.36. The summed E-state index contributed by atoms with van der Waals surface area (Å²) < 4.78 is 0. The van der Waals surface area contributed by atoms with Crippen LogP contribution in [0.15, 0.2) is 30.6 Å². The van der Waals surface area contributed by atoms with Crippen LogP contribution in [0.2, 0.25) is 0 Å². The number of fused-ring (bicyclic) bond motifs is 4. The summed E-state index contributed by atoms with van der Waals surface area (Å²) in [5.74, 6) is 2.01. The zero-order valence-electron chi connectivity index (χ0n) is 21.6. The minimum absolute atomic E-state index is 0.0332. The van der Waals surface area contributed by atoms with Crippen molar-refractivity contribution in [1.29, 1.82) is 0 Å². The first-order chi connectivity index (χ1) is 17.9. The lowest BCUT2D eigenvalue weighted by Gasteiger charge is -2.50. The molecule has 6 rings (SSSR count). The molecule has 3 unspecified atom stereocenters. The van der Waals surface area contributed by atoms with Gasteiger partial charge in [-0.05, 0) is 38.8 Å². The molecule has 0 radical (unpaired) electrons. The summed E-state index contributed by atoms with van der Waals surface area (Å²) >= 11 is 0. The van der Waals surface area contributed by atoms with Crippen LogP contribution in [-0.2, 0) is 4.79 Å². The van der Waals surface area contributed by atoms with Crippen LogP contribution in [0.1, 0.15) is 45.1 Å². The predicted molar refractivity (Wildman–Crippen MR) is 144 cm³/mol. The van der Waals surface area contributed by atoms with Gasteiger partial charge in [-0.3, -0.25) is 9.69 Å². The summed E-state index contributed by atoms with van der Waals surface area (Å²) in [6.07, 6.45) is 11.8. The van der Waals surface area contributed by atoms with Crippen molar-refractivity contribution >= 4 is 35.3 Å². The van der Waals surface area contributed by atoms with Crippen LogP contribution in [0.25, 0.3) is 6.08 Å². The summed E-state index contributed by atoms with van der Waals surface area (Å²) in [4.78, 5) is 33.7. The lowest BCUT2D eigenvalue weighted by Crippen LogP contribution is -2.67. The van der Waals surface area contributed by atoms with Gasteiger partial charge in [0.05, 0.1) is 23.5 Å². The average molecular weight is 505 g/mol. The number of aliphatic hydroxyl groups is 1. The van der Waals surface area contributed by atoms with Gasteiger partial charge in [0, 0.05) is 50.5 Å². The van der Waals surface area contributed by atoms with E-state index in [1.807, 2.05) is 37.5 Å². The standard InChI is InChI=1S/C27H36N8O2/c1-18-15-34(12-11-33(18)16-19(2)36)21-6-8-23(28-14-21)31-26-29-13-20-5-7-22-25(37)30-17-27(9-3-4-10-27)35(22)24(20)32-26/h5-8,13-14,18-19,22,36H,3-4,9-12,15-17H2,1-2H3,(H,30,37)(H,28,29,31,32). The molecule has 37 heavy (non-hydrogen) atoms. The molecule has 2 aromatic heterocycles. The first-order valence-corrected chi connectivity index (χ1v) is 13.4. The van der Waals surface area contributed by atoms with E-state index in [9.17, 15) is 9.90 Å². The third-order valence-electron chi connectivity index (χ3n) is 8.28. The summed E-state index contributed by atoms with van der Waals surface area (Å²) in [6.45, 7) is 8.13. The van der Waals surface area contributed by atoms with Crippen LogP contribution in [0.5, 0.6) is 0 Å². The number of amides is 1. The number of nitrogens with zero attached hydrogens (tertiary/aromatic N) is 6. The molecular weight excluding hydrogens is 468 g/mol. The quantitative estimate of drug-likeness (QED) is 0.564. The second-order valence-corrected chi connectivity index (χ2v) is 11.0. The van der Waals surface area contributed by atoms with Gasteiger partial charge in [-0.25, -0.2) is 9.97 Å². The molecule has 3 N–H and O–H groups in total. The summed E-state index contributed by atoms with van der Waals surface area (Å²) in [5.41, 5.74) is 1.94. The summed E-state index contributed by atoms with van der Waals surface area (Å²) in [5, 5.41) is 16.1. The van der Waals surface area contributed by atoms with E-state index < -0.39 is 0 Å². The number of piperazine rings is 2. The molecule has 10 nitrogen and oxygen atoms in total. The van der Waals surface area contributed by atoms with Crippen LogP contribution in [0.3, 0.4) is 0 Å². The summed E-state index contributed by atoms with van der Waals surface area (Å²) in [7, 11) is 0. The Hall–Kier alpha value is -3.24. The van der Waals surface area contributed by atoms with E-state index in [1.54, 1.807) is 0 Å². The second-order valence-electron chi connectivity index (χ2n) is 11.0. The summed E-state index contributed by atoms with van der Waals surface area (Å²) in [6, 6.07) is 4.07. The first kappa shape index (κ1) is 24.1. The molecule has 3 atom stereocenters. The van der Waals surface area contributed by atoms with E-state index in [4.69, 9.17) is 4.98 Å². The number of nitrogens with one attached hydrogen (secondary N) is 2. The fourth-order valence-electron chi connectivity index (χ4n) is 6.38. The van der Waals surface area contributed by atoms with E-state index >= 15 is 0 Å². The molecule has 196 valence electrons. The van der Waals surface area contributed by atoms with Gasteiger partial charge in [0.15, 0.2) is 0 Å². The van der Waals surface area contributed by atoms with Gasteiger partial charge in [0.1, 0.15) is 17.7 Å². The number of β-amino-alcohol motifs (C(OH)–C–C–N with tert-alkyl or cyclic N) is 1. The van der Waals surface area contributed by atoms with Crippen molar-refractivity contribution in [2.75, 3.05) is 47.8 Å². The zero-order chi connectivity index (χ0) is 25.6. The third-order valence-corrected chi connectivity index (χ3v) is 8.28. The number of carbonyl (C=O) groups excluding carboxylic acids is 1. The monoisotopic (exact) mass is 504 g/mol. The van der Waals surface area contributed by atoms with Crippen LogP contribution in [0, 0.1) is 0 Å². The molecule has 0 aromatic carbocycles. The third kappa shape index (κ3) is 4.53. The van der Waals surface area contributed by atoms with Crippen LogP contribution < -0.4 is 20.4 Å². The number of rotatable bonds is 5. The second kappa shape index (κ2) is 9.57. The van der Waals surface area contributed by atoms with Crippen molar-refractivity contribution in [3.63, 3.8) is 0 Å². The molecule has 2 saturated heterocycles. The number of hydrogen-bond acceptors (Lipinski definition) is 9. The van der Waals surface area contributed by atoms with Crippen molar-refractivity contribution in [1.82, 2.24) is 25.2 Å². The first-order valence-electron chi connectivity index (χ1n) is 13.4. The van der Waals surface area contributed by atoms with Crippen LogP contribution in [0.4, 0.5) is 23.3 Å². The maximum absolute atomic E-state index is 12.7. The Morgan fingerprint density at radius 2 is 2.05 bits per heavy atom. The molecule has 2 aromatic rings. The molecule has 1 amide bonds. The van der Waals surface area contributed by atoms with Crippen molar-refractivity contribution in [3.8, 4) is 0 Å². The Balaban J connectivity index is 1.18. The largest absolute Gasteiger partial charge is 0.392 e. The Morgan fingerprint density at radius 1 is 1.22 bits per heavy atom. The highest BCUT2D eigenvalue weighted by Crippen LogP contribution is 2.43. The van der Waals surface area contributed by atoms with Gasteiger partial charge >= 0.3 is 0 Å². The lowest BCUT2D eigenvalue weighted by molar-refractivity contribution is -0.123. The van der Waals surface area contributed by atoms with Gasteiger partial charge in [0.25, 0.3) is 0 Å². The molecule has 1 aliphatic carbocycles. The number of aromatic nitrogens is 3. The number of aliphatic hydroxyl groups excluding tert-OH is 1.